The Morgan fingerprint density at radius 1 is 0.929 bits per heavy atom. The van der Waals surface area contributed by atoms with E-state index in [0.717, 1.165) is 23.3 Å². The zero-order valence-electron chi connectivity index (χ0n) is 23.1. The van der Waals surface area contributed by atoms with Crippen LogP contribution in [0.15, 0.2) is 91.0 Å². The Morgan fingerprint density at radius 3 is 2.40 bits per heavy atom. The van der Waals surface area contributed by atoms with Gasteiger partial charge in [-0.2, -0.15) is 13.2 Å². The lowest BCUT2D eigenvalue weighted by Crippen LogP contribution is -2.42. The van der Waals surface area contributed by atoms with E-state index in [1.165, 1.54) is 17.9 Å². The first-order valence-corrected chi connectivity index (χ1v) is 13.3. The van der Waals surface area contributed by atoms with E-state index in [0.29, 0.717) is 40.3 Å². The highest BCUT2D eigenvalue weighted by atomic mass is 19.4. The van der Waals surface area contributed by atoms with Gasteiger partial charge >= 0.3 is 6.18 Å². The summed E-state index contributed by atoms with van der Waals surface area (Å²) >= 11 is 0. The Balaban J connectivity index is 1.45. The van der Waals surface area contributed by atoms with Crippen molar-refractivity contribution in [2.24, 2.45) is 0 Å². The van der Waals surface area contributed by atoms with Crippen molar-refractivity contribution < 1.29 is 32.2 Å². The minimum absolute atomic E-state index is 0.0424. The zero-order valence-corrected chi connectivity index (χ0v) is 23.1. The summed E-state index contributed by atoms with van der Waals surface area (Å²) in [6.45, 7) is 1.66. The van der Waals surface area contributed by atoms with Gasteiger partial charge in [0.25, 0.3) is 5.91 Å². The number of ether oxygens (including phenoxy) is 2. The lowest BCUT2D eigenvalue weighted by Gasteiger charge is -2.38. The van der Waals surface area contributed by atoms with Crippen LogP contribution in [-0.2, 0) is 30.5 Å². The average Bonchev–Trinajstić information content (AvgIpc) is 2.97. The first kappa shape index (κ1) is 28.7. The van der Waals surface area contributed by atoms with E-state index in [4.69, 9.17) is 9.47 Å². The number of para-hydroxylation sites is 1. The van der Waals surface area contributed by atoms with Gasteiger partial charge in [0.05, 0.1) is 18.2 Å². The maximum absolute atomic E-state index is 13.7. The number of benzene rings is 4. The van der Waals surface area contributed by atoms with Crippen LogP contribution < -0.4 is 14.8 Å². The highest BCUT2D eigenvalue weighted by molar-refractivity contribution is 6.01. The average molecular weight is 575 g/mol. The SMILES string of the molecule is COc1ccc(C2Nc3ccccc3C(=O)N2Cc2cccc(C(F)(F)F)c2)cc1COc1ccc(CC(C)=O)cc1. The molecule has 5 rings (SSSR count). The number of Topliss-reactive ketones (excluding diaryl/α,β-unsaturated/α-hetero) is 1. The molecule has 9 heteroatoms. The van der Waals surface area contributed by atoms with Gasteiger partial charge in [-0.3, -0.25) is 9.59 Å². The minimum Gasteiger partial charge on any atom is -0.496 e. The molecule has 0 bridgehead atoms. The predicted octanol–water partition coefficient (Wildman–Crippen LogP) is 7.19. The topological polar surface area (TPSA) is 67.9 Å². The first-order chi connectivity index (χ1) is 20.1. The fraction of sp³-hybridized carbons (Fsp3) is 0.212. The van der Waals surface area contributed by atoms with E-state index in [9.17, 15) is 22.8 Å². The number of halogens is 3. The molecule has 0 saturated heterocycles. The molecule has 4 aromatic carbocycles. The van der Waals surface area contributed by atoms with Crippen LogP contribution in [0.2, 0.25) is 0 Å². The summed E-state index contributed by atoms with van der Waals surface area (Å²) in [6.07, 6.45) is -4.81. The number of rotatable bonds is 9. The van der Waals surface area contributed by atoms with Crippen LogP contribution in [0.25, 0.3) is 0 Å². The molecule has 216 valence electrons. The molecule has 1 atom stereocenters. The Morgan fingerprint density at radius 2 is 1.69 bits per heavy atom. The molecule has 1 aliphatic rings. The number of alkyl halides is 3. The van der Waals surface area contributed by atoms with E-state index >= 15 is 0 Å². The monoisotopic (exact) mass is 574 g/mol. The van der Waals surface area contributed by atoms with Crippen LogP contribution in [0.4, 0.5) is 18.9 Å². The number of hydrogen-bond donors (Lipinski definition) is 1. The molecule has 1 unspecified atom stereocenters. The van der Waals surface area contributed by atoms with Crippen molar-refractivity contribution >= 4 is 17.4 Å². The second kappa shape index (κ2) is 12.0. The lowest BCUT2D eigenvalue weighted by atomic mass is 10.0. The van der Waals surface area contributed by atoms with Gasteiger partial charge in [0, 0.05) is 24.2 Å². The van der Waals surface area contributed by atoms with Gasteiger partial charge in [-0.1, -0.05) is 42.5 Å². The van der Waals surface area contributed by atoms with Crippen molar-refractivity contribution in [3.05, 3.63) is 124 Å². The molecule has 6 nitrogen and oxygen atoms in total. The Labute approximate surface area is 241 Å². The van der Waals surface area contributed by atoms with Crippen LogP contribution in [0.3, 0.4) is 0 Å². The van der Waals surface area contributed by atoms with Gasteiger partial charge in [-0.25, -0.2) is 0 Å². The van der Waals surface area contributed by atoms with Gasteiger partial charge in [-0.15, -0.1) is 0 Å². The second-order valence-corrected chi connectivity index (χ2v) is 10.1. The van der Waals surface area contributed by atoms with Crippen molar-refractivity contribution in [2.45, 2.75) is 38.8 Å². The van der Waals surface area contributed by atoms with Crippen molar-refractivity contribution in [1.82, 2.24) is 4.90 Å². The third-order valence-corrected chi connectivity index (χ3v) is 7.02. The van der Waals surface area contributed by atoms with Gasteiger partial charge < -0.3 is 19.7 Å². The summed E-state index contributed by atoms with van der Waals surface area (Å²) in [7, 11) is 1.55. The molecule has 0 aromatic heterocycles. The smallest absolute Gasteiger partial charge is 0.416 e. The third-order valence-electron chi connectivity index (χ3n) is 7.02. The summed E-state index contributed by atoms with van der Waals surface area (Å²) in [5, 5.41) is 3.39. The van der Waals surface area contributed by atoms with Crippen molar-refractivity contribution in [3.8, 4) is 11.5 Å². The fourth-order valence-electron chi connectivity index (χ4n) is 5.00. The molecule has 42 heavy (non-hydrogen) atoms. The van der Waals surface area contributed by atoms with E-state index in [-0.39, 0.29) is 24.8 Å². The molecule has 1 amide bonds. The van der Waals surface area contributed by atoms with Gasteiger partial charge in [0.1, 0.15) is 30.1 Å². The predicted molar refractivity (Wildman–Crippen MR) is 152 cm³/mol. The summed E-state index contributed by atoms with van der Waals surface area (Å²) < 4.78 is 51.8. The van der Waals surface area contributed by atoms with Crippen LogP contribution in [-0.4, -0.2) is 23.7 Å². The highest BCUT2D eigenvalue weighted by Crippen LogP contribution is 2.37. The number of nitrogens with zero attached hydrogens (tertiary/aromatic N) is 1. The summed E-state index contributed by atoms with van der Waals surface area (Å²) in [5.41, 5.74) is 2.97. The normalized spacial score (nSPS) is 14.6. The lowest BCUT2D eigenvalue weighted by molar-refractivity contribution is -0.137. The molecule has 0 saturated carbocycles. The number of fused-ring (bicyclic) bond motifs is 1. The third kappa shape index (κ3) is 6.40. The van der Waals surface area contributed by atoms with Crippen LogP contribution in [0.1, 0.15) is 51.3 Å². The number of methoxy groups -OCH3 is 1. The van der Waals surface area contributed by atoms with Crippen molar-refractivity contribution in [2.75, 3.05) is 12.4 Å². The maximum Gasteiger partial charge on any atom is 0.416 e. The van der Waals surface area contributed by atoms with Crippen molar-refractivity contribution in [3.63, 3.8) is 0 Å². The number of carbonyl (C=O) groups excluding carboxylic acids is 2. The molecule has 0 aliphatic carbocycles. The summed E-state index contributed by atoms with van der Waals surface area (Å²) in [4.78, 5) is 26.6. The molecule has 1 aliphatic heterocycles. The molecule has 0 radical (unpaired) electrons. The Kier molecular flexibility index (Phi) is 8.20. The second-order valence-electron chi connectivity index (χ2n) is 10.1. The van der Waals surface area contributed by atoms with E-state index < -0.39 is 17.9 Å². The quantitative estimate of drug-likeness (QED) is 0.229. The first-order valence-electron chi connectivity index (χ1n) is 13.3. The number of nitrogens with one attached hydrogen (secondary N) is 1. The van der Waals surface area contributed by atoms with Crippen molar-refractivity contribution in [1.29, 1.82) is 0 Å². The minimum atomic E-state index is -4.50. The molecule has 1 N–H and O–H groups in total. The zero-order chi connectivity index (χ0) is 29.9. The fourth-order valence-corrected chi connectivity index (χ4v) is 5.00. The number of amides is 1. The summed E-state index contributed by atoms with van der Waals surface area (Å²) in [6, 6.07) is 24.8. The molecule has 0 spiro atoms. The Bertz CT molecular complexity index is 1600. The number of ketones is 1. The molecule has 0 fully saturated rings. The number of hydrogen-bond acceptors (Lipinski definition) is 5. The van der Waals surface area contributed by atoms with E-state index in [1.54, 1.807) is 49.6 Å². The van der Waals surface area contributed by atoms with Crippen LogP contribution in [0.5, 0.6) is 11.5 Å². The van der Waals surface area contributed by atoms with Gasteiger partial charge in [-0.05, 0) is 72.1 Å². The molecule has 4 aromatic rings. The van der Waals surface area contributed by atoms with Crippen LogP contribution >= 0.6 is 0 Å². The van der Waals surface area contributed by atoms with E-state index in [2.05, 4.69) is 5.32 Å². The standard InChI is InChI=1S/C33H29F3N2O4/c1-21(39)16-22-10-13-27(14-11-22)42-20-25-18-24(12-15-30(25)41-2)31-37-29-9-4-3-8-28(29)32(40)38(31)19-23-6-5-7-26(17-23)33(34,35)36/h3-15,17-18,31,37H,16,19-20H2,1-2H3. The molecular weight excluding hydrogens is 545 g/mol. The van der Waals surface area contributed by atoms with Gasteiger partial charge in [0.2, 0.25) is 0 Å². The number of carbonyl (C=O) groups is 2. The number of anilines is 1. The summed E-state index contributed by atoms with van der Waals surface area (Å²) in [5.74, 6) is 0.968. The largest absolute Gasteiger partial charge is 0.496 e. The molecular formula is C33H29F3N2O4. The molecule has 1 heterocycles. The van der Waals surface area contributed by atoms with Crippen LogP contribution in [0, 0.1) is 0 Å². The van der Waals surface area contributed by atoms with Gasteiger partial charge in [0.15, 0.2) is 0 Å². The Hall–Kier alpha value is -4.79. The maximum atomic E-state index is 13.7. The van der Waals surface area contributed by atoms with E-state index in [1.807, 2.05) is 30.3 Å². The highest BCUT2D eigenvalue weighted by Gasteiger charge is 2.34.